The Bertz CT molecular complexity index is 905. The summed E-state index contributed by atoms with van der Waals surface area (Å²) in [5, 5.41) is 33.1. The van der Waals surface area contributed by atoms with Gasteiger partial charge in [0.05, 0.1) is 18.9 Å². The predicted molar refractivity (Wildman–Crippen MR) is 124 cm³/mol. The molecule has 0 aliphatic carbocycles. The molecule has 0 radical (unpaired) electrons. The van der Waals surface area contributed by atoms with E-state index in [1.54, 1.807) is 0 Å². The van der Waals surface area contributed by atoms with E-state index in [2.05, 4.69) is 15.6 Å². The molecule has 18 heteroatoms. The number of carboxylic acid groups (broad SMARTS) is 3. The lowest BCUT2D eigenvalue weighted by Gasteiger charge is -2.24. The molecule has 37 heavy (non-hydrogen) atoms. The second-order valence-corrected chi connectivity index (χ2v) is 7.78. The van der Waals surface area contributed by atoms with E-state index in [1.165, 1.54) is 0 Å². The van der Waals surface area contributed by atoms with Gasteiger partial charge in [-0.3, -0.25) is 33.8 Å². The highest BCUT2D eigenvalue weighted by atomic mass is 16.4. The molecule has 18 nitrogen and oxygen atoms in total. The van der Waals surface area contributed by atoms with Crippen LogP contribution in [0.1, 0.15) is 38.5 Å². The first-order valence-electron chi connectivity index (χ1n) is 10.8. The molecule has 0 aromatic heterocycles. The van der Waals surface area contributed by atoms with Crippen molar-refractivity contribution in [2.24, 2.45) is 27.9 Å². The van der Waals surface area contributed by atoms with E-state index in [9.17, 15) is 33.6 Å². The average Bonchev–Trinajstić information content (AvgIpc) is 2.76. The van der Waals surface area contributed by atoms with Crippen LogP contribution in [0.5, 0.6) is 0 Å². The standard InChI is InChI=1S/C19H32N8O10/c20-8(2-1-5-24-19(22)23)15(33)25-9(3-4-13(29)30)16(34)26-10(6-12(21)28)17(35)27-11(18(36)37)7-14(31)32/h8-11H,1-7,20H2,(H2,21,28)(H,25,33)(H,26,34)(H,27,35)(H,29,30)(H,31,32)(H,36,37)(H4,22,23,24). The highest BCUT2D eigenvalue weighted by Gasteiger charge is 2.32. The maximum absolute atomic E-state index is 12.8. The van der Waals surface area contributed by atoms with E-state index in [-0.39, 0.29) is 18.9 Å². The van der Waals surface area contributed by atoms with Crippen molar-refractivity contribution in [1.29, 1.82) is 0 Å². The van der Waals surface area contributed by atoms with Gasteiger partial charge in [0.15, 0.2) is 5.96 Å². The number of nitrogens with zero attached hydrogens (tertiary/aromatic N) is 1. The molecule has 0 saturated heterocycles. The van der Waals surface area contributed by atoms with Crippen molar-refractivity contribution in [1.82, 2.24) is 16.0 Å². The Morgan fingerprint density at radius 3 is 1.73 bits per heavy atom. The van der Waals surface area contributed by atoms with Crippen LogP contribution in [0.2, 0.25) is 0 Å². The number of carbonyl (C=O) groups excluding carboxylic acids is 4. The van der Waals surface area contributed by atoms with Gasteiger partial charge >= 0.3 is 17.9 Å². The Morgan fingerprint density at radius 2 is 1.24 bits per heavy atom. The fourth-order valence-corrected chi connectivity index (χ4v) is 2.80. The summed E-state index contributed by atoms with van der Waals surface area (Å²) in [5.41, 5.74) is 21.2. The van der Waals surface area contributed by atoms with Crippen molar-refractivity contribution in [3.05, 3.63) is 0 Å². The Kier molecular flexibility index (Phi) is 14.3. The summed E-state index contributed by atoms with van der Waals surface area (Å²) in [7, 11) is 0. The first-order chi connectivity index (χ1) is 17.1. The zero-order chi connectivity index (χ0) is 28.7. The van der Waals surface area contributed by atoms with Crippen LogP contribution in [0.4, 0.5) is 0 Å². The van der Waals surface area contributed by atoms with Crippen LogP contribution >= 0.6 is 0 Å². The van der Waals surface area contributed by atoms with E-state index in [4.69, 9.17) is 38.3 Å². The first kappa shape index (κ1) is 32.5. The average molecular weight is 533 g/mol. The molecule has 0 fully saturated rings. The number of nitrogens with two attached hydrogens (primary N) is 4. The summed E-state index contributed by atoms with van der Waals surface area (Å²) >= 11 is 0. The number of nitrogens with one attached hydrogen (secondary N) is 3. The molecule has 4 amide bonds. The molecule has 0 aliphatic rings. The highest BCUT2D eigenvalue weighted by molar-refractivity contribution is 5.96. The third-order valence-electron chi connectivity index (χ3n) is 4.62. The Morgan fingerprint density at radius 1 is 0.703 bits per heavy atom. The number of amides is 4. The summed E-state index contributed by atoms with van der Waals surface area (Å²) in [4.78, 5) is 85.9. The molecular weight excluding hydrogens is 500 g/mol. The minimum atomic E-state index is -1.89. The number of aliphatic carboxylic acids is 3. The molecule has 14 N–H and O–H groups in total. The maximum Gasteiger partial charge on any atom is 0.326 e. The van der Waals surface area contributed by atoms with Gasteiger partial charge in [-0.15, -0.1) is 0 Å². The van der Waals surface area contributed by atoms with Gasteiger partial charge in [-0.05, 0) is 19.3 Å². The van der Waals surface area contributed by atoms with Crippen LogP contribution in [0.15, 0.2) is 4.99 Å². The van der Waals surface area contributed by atoms with Gasteiger partial charge in [0, 0.05) is 13.0 Å². The SMILES string of the molecule is NC(=O)CC(NC(=O)C(CCC(=O)O)NC(=O)C(N)CCCN=C(N)N)C(=O)NC(CC(=O)O)C(=O)O. The van der Waals surface area contributed by atoms with E-state index in [1.807, 2.05) is 5.32 Å². The number of rotatable bonds is 18. The predicted octanol–water partition coefficient (Wildman–Crippen LogP) is -4.88. The van der Waals surface area contributed by atoms with Crippen molar-refractivity contribution in [3.63, 3.8) is 0 Å². The molecule has 208 valence electrons. The summed E-state index contributed by atoms with van der Waals surface area (Å²) < 4.78 is 0. The van der Waals surface area contributed by atoms with Crippen molar-refractivity contribution in [2.75, 3.05) is 6.54 Å². The Hall–Kier alpha value is -4.48. The molecular formula is C19H32N8O10. The van der Waals surface area contributed by atoms with Crippen LogP contribution in [0.3, 0.4) is 0 Å². The zero-order valence-electron chi connectivity index (χ0n) is 19.7. The summed E-state index contributed by atoms with van der Waals surface area (Å²) in [6, 6.07) is -6.31. The number of carboxylic acids is 3. The lowest BCUT2D eigenvalue weighted by atomic mass is 10.1. The van der Waals surface area contributed by atoms with E-state index in [0.29, 0.717) is 6.42 Å². The number of guanidine groups is 1. The van der Waals surface area contributed by atoms with Gasteiger partial charge < -0.3 is 54.2 Å². The molecule has 4 atom stereocenters. The van der Waals surface area contributed by atoms with Crippen LogP contribution in [0, 0.1) is 0 Å². The molecule has 0 rings (SSSR count). The maximum atomic E-state index is 12.8. The largest absolute Gasteiger partial charge is 0.481 e. The summed E-state index contributed by atoms with van der Waals surface area (Å²) in [5.74, 6) is -8.98. The molecule has 0 bridgehead atoms. The topological polar surface area (TPSA) is 333 Å². The molecule has 0 spiro atoms. The van der Waals surface area contributed by atoms with Crippen molar-refractivity contribution < 1.29 is 48.9 Å². The third kappa shape index (κ3) is 14.5. The molecule has 0 aliphatic heterocycles. The quantitative estimate of drug-likeness (QED) is 0.0450. The van der Waals surface area contributed by atoms with Gasteiger partial charge in [-0.2, -0.15) is 0 Å². The second kappa shape index (κ2) is 16.2. The third-order valence-corrected chi connectivity index (χ3v) is 4.62. The molecule has 0 heterocycles. The smallest absolute Gasteiger partial charge is 0.326 e. The normalized spacial score (nSPS) is 13.6. The molecule has 0 aromatic rings. The monoisotopic (exact) mass is 532 g/mol. The zero-order valence-corrected chi connectivity index (χ0v) is 19.7. The van der Waals surface area contributed by atoms with Gasteiger partial charge in [0.25, 0.3) is 0 Å². The molecule has 4 unspecified atom stereocenters. The van der Waals surface area contributed by atoms with Crippen molar-refractivity contribution in [2.45, 2.75) is 62.7 Å². The number of primary amides is 1. The van der Waals surface area contributed by atoms with E-state index < -0.39 is 91.4 Å². The fraction of sp³-hybridized carbons (Fsp3) is 0.579. The molecule has 0 aromatic carbocycles. The fourth-order valence-electron chi connectivity index (χ4n) is 2.80. The minimum Gasteiger partial charge on any atom is -0.481 e. The van der Waals surface area contributed by atoms with E-state index >= 15 is 0 Å². The van der Waals surface area contributed by atoms with Crippen LogP contribution in [-0.2, 0) is 33.6 Å². The van der Waals surface area contributed by atoms with Crippen LogP contribution < -0.4 is 38.9 Å². The Labute approximate surface area is 210 Å². The van der Waals surface area contributed by atoms with Gasteiger partial charge in [-0.1, -0.05) is 0 Å². The Balaban J connectivity index is 5.52. The number of hydrogen-bond acceptors (Lipinski definition) is 9. The minimum absolute atomic E-state index is 0.0999. The highest BCUT2D eigenvalue weighted by Crippen LogP contribution is 2.04. The van der Waals surface area contributed by atoms with Crippen molar-refractivity contribution >= 4 is 47.5 Å². The van der Waals surface area contributed by atoms with Gasteiger partial charge in [-0.25, -0.2) is 4.79 Å². The number of hydrogen-bond donors (Lipinski definition) is 10. The molecule has 0 saturated carbocycles. The van der Waals surface area contributed by atoms with Gasteiger partial charge in [0.1, 0.15) is 18.1 Å². The van der Waals surface area contributed by atoms with E-state index in [0.717, 1.165) is 0 Å². The first-order valence-corrected chi connectivity index (χ1v) is 10.8. The van der Waals surface area contributed by atoms with Gasteiger partial charge in [0.2, 0.25) is 23.6 Å². The van der Waals surface area contributed by atoms with Crippen LogP contribution in [0.25, 0.3) is 0 Å². The lowest BCUT2D eigenvalue weighted by Crippen LogP contribution is -2.58. The summed E-state index contributed by atoms with van der Waals surface area (Å²) in [6.07, 6.45) is -2.43. The van der Waals surface area contributed by atoms with Crippen molar-refractivity contribution in [3.8, 4) is 0 Å². The summed E-state index contributed by atoms with van der Waals surface area (Å²) in [6.45, 7) is 0.176. The van der Waals surface area contributed by atoms with Crippen LogP contribution in [-0.4, -0.2) is 93.5 Å². The number of carbonyl (C=O) groups is 7. The number of aliphatic imine (C=N–C) groups is 1. The second-order valence-electron chi connectivity index (χ2n) is 7.78. The lowest BCUT2D eigenvalue weighted by molar-refractivity contribution is -0.147.